The highest BCUT2D eigenvalue weighted by Gasteiger charge is 2.44. The van der Waals surface area contributed by atoms with Gasteiger partial charge in [0.1, 0.15) is 23.0 Å². The van der Waals surface area contributed by atoms with Gasteiger partial charge in [-0.3, -0.25) is 0 Å². The van der Waals surface area contributed by atoms with Crippen molar-refractivity contribution in [3.63, 3.8) is 0 Å². The fourth-order valence-electron chi connectivity index (χ4n) is 7.46. The Morgan fingerprint density at radius 3 is 1.21 bits per heavy atom. The summed E-state index contributed by atoms with van der Waals surface area (Å²) >= 11 is 0. The van der Waals surface area contributed by atoms with E-state index in [4.69, 9.17) is 9.47 Å². The molecule has 222 valence electrons. The van der Waals surface area contributed by atoms with Crippen LogP contribution in [0, 0.1) is 13.8 Å². The van der Waals surface area contributed by atoms with Gasteiger partial charge in [-0.1, -0.05) is 146 Å². The monoisotopic (exact) mass is 602 g/mol. The van der Waals surface area contributed by atoms with Crippen LogP contribution in [-0.2, 0) is 0 Å². The Morgan fingerprint density at radius 1 is 0.362 bits per heavy atom. The summed E-state index contributed by atoms with van der Waals surface area (Å²) in [7, 11) is 0. The van der Waals surface area contributed by atoms with Crippen LogP contribution in [0.25, 0.3) is 44.5 Å². The van der Waals surface area contributed by atoms with Crippen LogP contribution in [0.15, 0.2) is 152 Å². The molecule has 0 aromatic heterocycles. The Hall–Kier alpha value is -5.80. The fraction of sp³-hybridized carbons (Fsp3) is 0.0455. The van der Waals surface area contributed by atoms with Crippen molar-refractivity contribution in [2.24, 2.45) is 0 Å². The number of ether oxygens (including phenoxy) is 2. The standard InChI is InChI=1S/C44H31BO2/c1-28-15-9-11-21-32(28)34-23-13-25-38-41(34)46-43-36(30-17-5-3-6-18-30)27-37(31-19-7-4-8-20-31)44-40(43)45(38)39-26-14-24-35(42(39)47-44)33-22-12-10-16-29(33)2/h3-27H,1-2H3. The highest BCUT2D eigenvalue weighted by Crippen LogP contribution is 2.49. The molecule has 0 amide bonds. The van der Waals surface area contributed by atoms with E-state index in [2.05, 4.69) is 166 Å². The van der Waals surface area contributed by atoms with E-state index in [1.807, 2.05) is 0 Å². The molecule has 2 aliphatic heterocycles. The molecule has 0 aliphatic carbocycles. The summed E-state index contributed by atoms with van der Waals surface area (Å²) in [6.07, 6.45) is 0. The molecule has 9 rings (SSSR count). The lowest BCUT2D eigenvalue weighted by Gasteiger charge is -2.37. The van der Waals surface area contributed by atoms with Gasteiger partial charge in [-0.05, 0) is 64.2 Å². The van der Waals surface area contributed by atoms with Gasteiger partial charge in [-0.2, -0.15) is 0 Å². The van der Waals surface area contributed by atoms with Gasteiger partial charge in [0.05, 0.1) is 0 Å². The molecule has 3 heteroatoms. The molecule has 0 saturated heterocycles. The zero-order valence-electron chi connectivity index (χ0n) is 26.3. The molecule has 47 heavy (non-hydrogen) atoms. The Labute approximate surface area is 276 Å². The maximum atomic E-state index is 7.21. The highest BCUT2D eigenvalue weighted by atomic mass is 16.5. The molecule has 0 bridgehead atoms. The minimum Gasteiger partial charge on any atom is -0.457 e. The quantitative estimate of drug-likeness (QED) is 0.187. The van der Waals surface area contributed by atoms with E-state index in [9.17, 15) is 0 Å². The van der Waals surface area contributed by atoms with E-state index >= 15 is 0 Å². The first kappa shape index (κ1) is 27.5. The van der Waals surface area contributed by atoms with Gasteiger partial charge in [0, 0.05) is 27.7 Å². The first-order valence-electron chi connectivity index (χ1n) is 16.2. The van der Waals surface area contributed by atoms with Gasteiger partial charge >= 0.3 is 0 Å². The second-order valence-corrected chi connectivity index (χ2v) is 12.5. The number of fused-ring (bicyclic) bond motifs is 4. The summed E-state index contributed by atoms with van der Waals surface area (Å²) in [5.41, 5.74) is 14.7. The molecule has 0 atom stereocenters. The summed E-state index contributed by atoms with van der Waals surface area (Å²) in [5, 5.41) is 0. The minimum absolute atomic E-state index is 0.0911. The van der Waals surface area contributed by atoms with Crippen LogP contribution in [0.2, 0.25) is 0 Å². The Morgan fingerprint density at radius 2 is 0.766 bits per heavy atom. The van der Waals surface area contributed by atoms with Crippen LogP contribution in [0.4, 0.5) is 0 Å². The Bertz CT molecular complexity index is 2160. The third-order valence-electron chi connectivity index (χ3n) is 9.72. The highest BCUT2D eigenvalue weighted by molar-refractivity contribution is 6.98. The molecule has 7 aromatic rings. The first-order valence-corrected chi connectivity index (χ1v) is 16.2. The zero-order valence-corrected chi connectivity index (χ0v) is 26.3. The van der Waals surface area contributed by atoms with Crippen molar-refractivity contribution < 1.29 is 9.47 Å². The molecule has 0 spiro atoms. The lowest BCUT2D eigenvalue weighted by atomic mass is 9.34. The summed E-state index contributed by atoms with van der Waals surface area (Å²) in [5.74, 6) is 3.53. The largest absolute Gasteiger partial charge is 0.457 e. The summed E-state index contributed by atoms with van der Waals surface area (Å²) in [4.78, 5) is 0. The second kappa shape index (κ2) is 10.9. The van der Waals surface area contributed by atoms with Gasteiger partial charge in [-0.25, -0.2) is 0 Å². The van der Waals surface area contributed by atoms with E-state index in [-0.39, 0.29) is 6.71 Å². The van der Waals surface area contributed by atoms with E-state index in [0.29, 0.717) is 0 Å². The molecule has 0 saturated carbocycles. The maximum Gasteiger partial charge on any atom is 0.260 e. The van der Waals surface area contributed by atoms with Crippen molar-refractivity contribution >= 4 is 23.1 Å². The van der Waals surface area contributed by atoms with Gasteiger partial charge in [0.25, 0.3) is 6.71 Å². The average Bonchev–Trinajstić information content (AvgIpc) is 3.12. The number of aryl methyl sites for hydroxylation is 2. The first-order chi connectivity index (χ1) is 23.2. The van der Waals surface area contributed by atoms with Crippen molar-refractivity contribution in [2.45, 2.75) is 13.8 Å². The summed E-state index contributed by atoms with van der Waals surface area (Å²) in [6.45, 7) is 4.25. The lowest BCUT2D eigenvalue weighted by Crippen LogP contribution is -2.57. The van der Waals surface area contributed by atoms with Crippen molar-refractivity contribution in [3.8, 4) is 67.5 Å². The van der Waals surface area contributed by atoms with Crippen LogP contribution in [0.1, 0.15) is 11.1 Å². The van der Waals surface area contributed by atoms with E-state index in [0.717, 1.165) is 72.8 Å². The summed E-state index contributed by atoms with van der Waals surface area (Å²) in [6, 6.07) is 53.8. The van der Waals surface area contributed by atoms with Gasteiger partial charge < -0.3 is 9.47 Å². The lowest BCUT2D eigenvalue weighted by molar-refractivity contribution is 0.468. The Balaban J connectivity index is 1.40. The zero-order chi connectivity index (χ0) is 31.5. The Kier molecular flexibility index (Phi) is 6.40. The second-order valence-electron chi connectivity index (χ2n) is 12.5. The number of benzene rings is 7. The van der Waals surface area contributed by atoms with Crippen LogP contribution in [-0.4, -0.2) is 6.71 Å². The normalized spacial score (nSPS) is 12.3. The molecule has 7 aromatic carbocycles. The van der Waals surface area contributed by atoms with Crippen LogP contribution < -0.4 is 25.9 Å². The van der Waals surface area contributed by atoms with Crippen LogP contribution in [0.5, 0.6) is 23.0 Å². The number of rotatable bonds is 4. The topological polar surface area (TPSA) is 18.5 Å². The van der Waals surface area contributed by atoms with Crippen LogP contribution >= 0.6 is 0 Å². The van der Waals surface area contributed by atoms with Gasteiger partial charge in [0.2, 0.25) is 0 Å². The maximum absolute atomic E-state index is 7.21. The molecule has 2 heterocycles. The van der Waals surface area contributed by atoms with E-state index < -0.39 is 0 Å². The number of para-hydroxylation sites is 2. The van der Waals surface area contributed by atoms with Crippen LogP contribution in [0.3, 0.4) is 0 Å². The molecular formula is C44H31BO2. The third-order valence-corrected chi connectivity index (χ3v) is 9.72. The van der Waals surface area contributed by atoms with Gasteiger partial charge in [0.15, 0.2) is 0 Å². The smallest absolute Gasteiger partial charge is 0.260 e. The molecule has 2 nitrogen and oxygen atoms in total. The molecular weight excluding hydrogens is 571 g/mol. The fourth-order valence-corrected chi connectivity index (χ4v) is 7.46. The predicted molar refractivity (Wildman–Crippen MR) is 195 cm³/mol. The van der Waals surface area contributed by atoms with Crippen molar-refractivity contribution in [3.05, 3.63) is 163 Å². The van der Waals surface area contributed by atoms with Crippen molar-refractivity contribution in [2.75, 3.05) is 0 Å². The molecule has 0 N–H and O–H groups in total. The molecule has 0 fully saturated rings. The third kappa shape index (κ3) is 4.35. The SMILES string of the molecule is Cc1ccccc1-c1cccc2c1Oc1c(-c3ccccc3)cc(-c3ccccc3)c3c1B2c1cccc(-c2ccccc2C)c1O3. The van der Waals surface area contributed by atoms with E-state index in [1.54, 1.807) is 0 Å². The average molecular weight is 603 g/mol. The molecule has 0 unspecified atom stereocenters. The predicted octanol–water partition coefficient (Wildman–Crippen LogP) is 9.70. The number of hydrogen-bond acceptors (Lipinski definition) is 2. The van der Waals surface area contributed by atoms with Crippen molar-refractivity contribution in [1.82, 2.24) is 0 Å². The van der Waals surface area contributed by atoms with Crippen molar-refractivity contribution in [1.29, 1.82) is 0 Å². The minimum atomic E-state index is -0.0911. The summed E-state index contributed by atoms with van der Waals surface area (Å²) < 4.78 is 14.4. The number of hydrogen-bond donors (Lipinski definition) is 0. The van der Waals surface area contributed by atoms with E-state index in [1.165, 1.54) is 22.3 Å². The van der Waals surface area contributed by atoms with Gasteiger partial charge in [-0.15, -0.1) is 0 Å². The molecule has 2 aliphatic rings. The molecule has 0 radical (unpaired) electrons.